The molecule has 0 spiro atoms. The second kappa shape index (κ2) is 9.73. The van der Waals surface area contributed by atoms with Gasteiger partial charge >= 0.3 is 0 Å². The minimum Gasteiger partial charge on any atom is -0.508 e. The molecule has 0 unspecified atom stereocenters. The van der Waals surface area contributed by atoms with E-state index in [1.54, 1.807) is 12.1 Å². The van der Waals surface area contributed by atoms with Gasteiger partial charge in [0.1, 0.15) is 5.75 Å². The standard InChI is InChI=1S/C15H26N2O5/c1-2-3-13-10(6-16-8-14(19)20)4-12(18)5-11(13)7-17-9-15(21)22/h4-5,14-22H,2-3,6-9H2,1H3. The highest BCUT2D eigenvalue weighted by Gasteiger charge is 2.11. The summed E-state index contributed by atoms with van der Waals surface area (Å²) in [6.45, 7) is 2.97. The van der Waals surface area contributed by atoms with Gasteiger partial charge in [-0.25, -0.2) is 0 Å². The van der Waals surface area contributed by atoms with Gasteiger partial charge in [-0.05, 0) is 35.2 Å². The van der Waals surface area contributed by atoms with E-state index < -0.39 is 12.6 Å². The molecule has 0 atom stereocenters. The number of nitrogens with one attached hydrogen (secondary N) is 2. The van der Waals surface area contributed by atoms with Gasteiger partial charge < -0.3 is 36.2 Å². The molecule has 0 bridgehead atoms. The van der Waals surface area contributed by atoms with Crippen molar-refractivity contribution >= 4 is 0 Å². The van der Waals surface area contributed by atoms with Crippen LogP contribution in [0.5, 0.6) is 5.75 Å². The molecule has 1 aromatic carbocycles. The van der Waals surface area contributed by atoms with Crippen molar-refractivity contribution in [3.05, 3.63) is 28.8 Å². The zero-order chi connectivity index (χ0) is 16.5. The first kappa shape index (κ1) is 18.8. The largest absolute Gasteiger partial charge is 0.508 e. The van der Waals surface area contributed by atoms with Gasteiger partial charge in [0.05, 0.1) is 0 Å². The molecule has 0 heterocycles. The minimum absolute atomic E-state index is 0.0471. The predicted molar refractivity (Wildman–Crippen MR) is 82.0 cm³/mol. The molecule has 126 valence electrons. The van der Waals surface area contributed by atoms with Gasteiger partial charge in [-0.2, -0.15) is 0 Å². The van der Waals surface area contributed by atoms with E-state index in [1.807, 2.05) is 0 Å². The normalized spacial score (nSPS) is 11.6. The first-order chi connectivity index (χ1) is 10.4. The summed E-state index contributed by atoms with van der Waals surface area (Å²) in [6, 6.07) is 3.32. The zero-order valence-corrected chi connectivity index (χ0v) is 12.8. The highest BCUT2D eigenvalue weighted by molar-refractivity contribution is 5.42. The second-order valence-electron chi connectivity index (χ2n) is 5.22. The maximum atomic E-state index is 9.85. The van der Waals surface area contributed by atoms with Crippen LogP contribution in [0.15, 0.2) is 12.1 Å². The summed E-state index contributed by atoms with van der Waals surface area (Å²) in [7, 11) is 0. The van der Waals surface area contributed by atoms with Crippen molar-refractivity contribution in [1.29, 1.82) is 0 Å². The monoisotopic (exact) mass is 314 g/mol. The molecule has 0 saturated heterocycles. The van der Waals surface area contributed by atoms with Crippen molar-refractivity contribution in [2.75, 3.05) is 13.1 Å². The molecule has 0 aliphatic carbocycles. The maximum absolute atomic E-state index is 9.85. The van der Waals surface area contributed by atoms with E-state index in [2.05, 4.69) is 17.6 Å². The van der Waals surface area contributed by atoms with Gasteiger partial charge in [-0.1, -0.05) is 13.3 Å². The second-order valence-corrected chi connectivity index (χ2v) is 5.22. The molecule has 1 aromatic rings. The molecule has 1 rings (SSSR count). The van der Waals surface area contributed by atoms with E-state index in [9.17, 15) is 5.11 Å². The molecule has 0 aromatic heterocycles. The molecule has 0 radical (unpaired) electrons. The van der Waals surface area contributed by atoms with Crippen LogP contribution in [0.4, 0.5) is 0 Å². The first-order valence-electron chi connectivity index (χ1n) is 7.41. The van der Waals surface area contributed by atoms with Crippen LogP contribution >= 0.6 is 0 Å². The summed E-state index contributed by atoms with van der Waals surface area (Å²) in [5.41, 5.74) is 2.85. The summed E-state index contributed by atoms with van der Waals surface area (Å²) in [6.07, 6.45) is -1.09. The number of benzene rings is 1. The number of aliphatic hydroxyl groups excluding tert-OH is 2. The van der Waals surface area contributed by atoms with Crippen molar-refractivity contribution in [1.82, 2.24) is 10.6 Å². The molecule has 0 saturated carbocycles. The molecule has 7 nitrogen and oxygen atoms in total. The minimum atomic E-state index is -1.42. The van der Waals surface area contributed by atoms with Crippen LogP contribution in [0.1, 0.15) is 30.0 Å². The van der Waals surface area contributed by atoms with Gasteiger partial charge in [0.25, 0.3) is 0 Å². The number of rotatable bonds is 10. The average Bonchev–Trinajstić information content (AvgIpc) is 2.41. The lowest BCUT2D eigenvalue weighted by molar-refractivity contribution is -0.0379. The fraction of sp³-hybridized carbons (Fsp3) is 0.600. The Kier molecular flexibility index (Phi) is 8.32. The van der Waals surface area contributed by atoms with E-state index in [-0.39, 0.29) is 18.8 Å². The predicted octanol–water partition coefficient (Wildman–Crippen LogP) is -0.855. The fourth-order valence-electron chi connectivity index (χ4n) is 2.34. The van der Waals surface area contributed by atoms with Crippen LogP contribution in [0.25, 0.3) is 0 Å². The highest BCUT2D eigenvalue weighted by atomic mass is 16.5. The summed E-state index contributed by atoms with van der Waals surface area (Å²) >= 11 is 0. The zero-order valence-electron chi connectivity index (χ0n) is 12.8. The fourth-order valence-corrected chi connectivity index (χ4v) is 2.34. The van der Waals surface area contributed by atoms with Gasteiger partial charge in [0.2, 0.25) is 0 Å². The number of aliphatic hydroxyl groups is 4. The summed E-state index contributed by atoms with van der Waals surface area (Å²) < 4.78 is 0. The molecule has 0 amide bonds. The Morgan fingerprint density at radius 1 is 0.909 bits per heavy atom. The molecule has 7 N–H and O–H groups in total. The van der Waals surface area contributed by atoms with Gasteiger partial charge in [0, 0.05) is 26.2 Å². The maximum Gasteiger partial charge on any atom is 0.164 e. The molecule has 0 aliphatic heterocycles. The Morgan fingerprint density at radius 3 is 1.73 bits per heavy atom. The van der Waals surface area contributed by atoms with E-state index >= 15 is 0 Å². The van der Waals surface area contributed by atoms with Crippen molar-refractivity contribution in [2.45, 2.75) is 45.4 Å². The van der Waals surface area contributed by atoms with E-state index in [0.717, 1.165) is 29.5 Å². The number of phenolic OH excluding ortho intramolecular Hbond substituents is 1. The number of hydrogen-bond donors (Lipinski definition) is 7. The number of hydrogen-bond acceptors (Lipinski definition) is 7. The molecule has 7 heteroatoms. The van der Waals surface area contributed by atoms with Crippen LogP contribution in [-0.4, -0.2) is 51.2 Å². The van der Waals surface area contributed by atoms with Crippen LogP contribution in [0.2, 0.25) is 0 Å². The van der Waals surface area contributed by atoms with Crippen LogP contribution in [0, 0.1) is 0 Å². The third-order valence-electron chi connectivity index (χ3n) is 3.20. The molecular weight excluding hydrogens is 288 g/mol. The topological polar surface area (TPSA) is 125 Å². The first-order valence-corrected chi connectivity index (χ1v) is 7.41. The average molecular weight is 314 g/mol. The lowest BCUT2D eigenvalue weighted by Gasteiger charge is -2.17. The number of aromatic hydroxyl groups is 1. The Morgan fingerprint density at radius 2 is 1.36 bits per heavy atom. The third kappa shape index (κ3) is 6.69. The highest BCUT2D eigenvalue weighted by Crippen LogP contribution is 2.23. The molecular formula is C15H26N2O5. The van der Waals surface area contributed by atoms with Gasteiger partial charge in [-0.15, -0.1) is 0 Å². The summed E-state index contributed by atoms with van der Waals surface area (Å²) in [5.74, 6) is 0.127. The van der Waals surface area contributed by atoms with Crippen molar-refractivity contribution in [3.8, 4) is 5.75 Å². The van der Waals surface area contributed by atoms with E-state index in [4.69, 9.17) is 20.4 Å². The lowest BCUT2D eigenvalue weighted by atomic mass is 9.96. The smallest absolute Gasteiger partial charge is 0.164 e. The van der Waals surface area contributed by atoms with Crippen molar-refractivity contribution in [3.63, 3.8) is 0 Å². The van der Waals surface area contributed by atoms with Crippen molar-refractivity contribution in [2.24, 2.45) is 0 Å². The number of phenols is 1. The van der Waals surface area contributed by atoms with E-state index in [1.165, 1.54) is 0 Å². The third-order valence-corrected chi connectivity index (χ3v) is 3.20. The van der Waals surface area contributed by atoms with Crippen LogP contribution in [-0.2, 0) is 19.5 Å². The molecule has 22 heavy (non-hydrogen) atoms. The Balaban J connectivity index is 2.86. The van der Waals surface area contributed by atoms with E-state index in [0.29, 0.717) is 13.1 Å². The summed E-state index contributed by atoms with van der Waals surface area (Å²) in [5, 5.41) is 51.2. The Labute approximate surface area is 130 Å². The SMILES string of the molecule is CCCc1c(CNCC(O)O)cc(O)cc1CNCC(O)O. The van der Waals surface area contributed by atoms with Gasteiger partial charge in [-0.3, -0.25) is 0 Å². The molecule has 0 fully saturated rings. The summed E-state index contributed by atoms with van der Waals surface area (Å²) in [4.78, 5) is 0. The van der Waals surface area contributed by atoms with Crippen LogP contribution < -0.4 is 10.6 Å². The van der Waals surface area contributed by atoms with Crippen LogP contribution in [0.3, 0.4) is 0 Å². The Bertz CT molecular complexity index is 417. The van der Waals surface area contributed by atoms with Crippen molar-refractivity contribution < 1.29 is 25.5 Å². The lowest BCUT2D eigenvalue weighted by Crippen LogP contribution is -2.27. The molecule has 0 aliphatic rings. The van der Waals surface area contributed by atoms with Gasteiger partial charge in [0.15, 0.2) is 12.6 Å². The quantitative estimate of drug-likeness (QED) is 0.280. The Hall–Kier alpha value is -1.22.